The molecule has 3 unspecified atom stereocenters. The molecule has 1 fully saturated rings. The van der Waals surface area contributed by atoms with Crippen LogP contribution in [-0.4, -0.2) is 23.4 Å². The average Bonchev–Trinajstić information content (AvgIpc) is 2.71. The minimum absolute atomic E-state index is 0.121. The highest BCUT2D eigenvalue weighted by molar-refractivity contribution is 7.08. The summed E-state index contributed by atoms with van der Waals surface area (Å²) in [7, 11) is 0. The van der Waals surface area contributed by atoms with Crippen LogP contribution >= 0.6 is 11.3 Å². The van der Waals surface area contributed by atoms with E-state index in [1.54, 1.807) is 11.3 Å². The van der Waals surface area contributed by atoms with Crippen LogP contribution in [0.3, 0.4) is 0 Å². The Morgan fingerprint density at radius 3 is 2.92 bits per heavy atom. The summed E-state index contributed by atoms with van der Waals surface area (Å²) in [6.45, 7) is 0. The second kappa shape index (κ2) is 3.65. The lowest BCUT2D eigenvalue weighted by Gasteiger charge is -2.17. The van der Waals surface area contributed by atoms with Gasteiger partial charge in [-0.15, -0.1) is 11.3 Å². The van der Waals surface area contributed by atoms with Gasteiger partial charge in [-0.25, -0.2) is 0 Å². The van der Waals surface area contributed by atoms with Crippen molar-refractivity contribution in [3.63, 3.8) is 0 Å². The van der Waals surface area contributed by atoms with E-state index in [4.69, 9.17) is 10.5 Å². The zero-order valence-corrected chi connectivity index (χ0v) is 8.04. The van der Waals surface area contributed by atoms with Crippen molar-refractivity contribution in [2.45, 2.75) is 31.1 Å². The molecular formula is C9H13NO2S. The molecule has 1 saturated carbocycles. The van der Waals surface area contributed by atoms with Crippen LogP contribution in [0.1, 0.15) is 12.8 Å². The third-order valence-electron chi connectivity index (χ3n) is 2.39. The summed E-state index contributed by atoms with van der Waals surface area (Å²) in [5.74, 6) is 0.836. The molecule has 1 aliphatic rings. The number of hydrogen-bond donors (Lipinski definition) is 2. The number of hydrogen-bond acceptors (Lipinski definition) is 4. The smallest absolute Gasteiger partial charge is 0.130 e. The minimum atomic E-state index is -0.514. The zero-order chi connectivity index (χ0) is 9.26. The first-order valence-corrected chi connectivity index (χ1v) is 5.34. The highest BCUT2D eigenvalue weighted by Crippen LogP contribution is 2.25. The Hall–Kier alpha value is -0.580. The maximum Gasteiger partial charge on any atom is 0.130 e. The number of aliphatic hydroxyl groups is 1. The van der Waals surface area contributed by atoms with Crippen LogP contribution in [0, 0.1) is 0 Å². The van der Waals surface area contributed by atoms with E-state index in [0.717, 1.165) is 18.6 Å². The average molecular weight is 199 g/mol. The molecule has 0 aromatic carbocycles. The van der Waals surface area contributed by atoms with Crippen molar-refractivity contribution in [2.75, 3.05) is 0 Å². The van der Waals surface area contributed by atoms with Gasteiger partial charge in [-0.05, 0) is 24.3 Å². The molecule has 0 bridgehead atoms. The number of nitrogens with two attached hydrogens (primary N) is 1. The summed E-state index contributed by atoms with van der Waals surface area (Å²) in [6.07, 6.45) is 1.05. The van der Waals surface area contributed by atoms with Crippen LogP contribution in [0.5, 0.6) is 5.75 Å². The van der Waals surface area contributed by atoms with Gasteiger partial charge in [0.15, 0.2) is 0 Å². The van der Waals surface area contributed by atoms with Gasteiger partial charge in [0.05, 0.1) is 0 Å². The first-order valence-electron chi connectivity index (χ1n) is 4.40. The molecule has 1 aliphatic carbocycles. The summed E-state index contributed by atoms with van der Waals surface area (Å²) < 4.78 is 5.58. The van der Waals surface area contributed by atoms with Gasteiger partial charge in [0.25, 0.3) is 0 Å². The summed E-state index contributed by atoms with van der Waals surface area (Å²) in [6, 6.07) is 1.78. The molecule has 3 atom stereocenters. The van der Waals surface area contributed by atoms with Gasteiger partial charge in [0, 0.05) is 11.4 Å². The lowest BCUT2D eigenvalue weighted by atomic mass is 10.2. The summed E-state index contributed by atoms with van der Waals surface area (Å²) >= 11 is 1.59. The first-order chi connectivity index (χ1) is 6.27. The van der Waals surface area contributed by atoms with Crippen LogP contribution in [0.25, 0.3) is 0 Å². The predicted molar refractivity (Wildman–Crippen MR) is 52.0 cm³/mol. The Balaban J connectivity index is 1.96. The van der Waals surface area contributed by atoms with Crippen molar-refractivity contribution in [2.24, 2.45) is 5.73 Å². The molecular weight excluding hydrogens is 186 g/mol. The fourth-order valence-electron chi connectivity index (χ4n) is 1.60. The molecule has 4 heteroatoms. The van der Waals surface area contributed by atoms with Crippen molar-refractivity contribution in [3.05, 3.63) is 16.8 Å². The van der Waals surface area contributed by atoms with Crippen molar-refractivity contribution < 1.29 is 9.84 Å². The Morgan fingerprint density at radius 2 is 2.38 bits per heavy atom. The maximum atomic E-state index is 9.61. The van der Waals surface area contributed by atoms with Crippen LogP contribution in [-0.2, 0) is 0 Å². The minimum Gasteiger partial charge on any atom is -0.487 e. The van der Waals surface area contributed by atoms with Crippen LogP contribution in [0.2, 0.25) is 0 Å². The molecule has 3 nitrogen and oxygen atoms in total. The standard InChI is InChI=1S/C9H13NO2S/c10-7-1-2-8(9(7)11)12-6-3-4-13-5-6/h3-5,7-9,11H,1-2,10H2. The molecule has 0 saturated heterocycles. The van der Waals surface area contributed by atoms with Gasteiger partial charge >= 0.3 is 0 Å². The molecule has 1 aromatic heterocycles. The number of ether oxygens (including phenoxy) is 1. The van der Waals surface area contributed by atoms with E-state index in [2.05, 4.69) is 0 Å². The van der Waals surface area contributed by atoms with E-state index < -0.39 is 6.10 Å². The molecule has 72 valence electrons. The number of aliphatic hydroxyl groups excluding tert-OH is 1. The van der Waals surface area contributed by atoms with E-state index in [1.807, 2.05) is 16.8 Å². The highest BCUT2D eigenvalue weighted by Gasteiger charge is 2.33. The molecule has 0 radical (unpaired) electrons. The molecule has 0 amide bonds. The Bertz CT molecular complexity index is 263. The molecule has 13 heavy (non-hydrogen) atoms. The molecule has 3 N–H and O–H groups in total. The Labute approximate surface area is 81.1 Å². The van der Waals surface area contributed by atoms with Crippen molar-refractivity contribution >= 4 is 11.3 Å². The summed E-state index contributed by atoms with van der Waals surface area (Å²) in [5.41, 5.74) is 5.67. The summed E-state index contributed by atoms with van der Waals surface area (Å²) in [4.78, 5) is 0. The van der Waals surface area contributed by atoms with Crippen LogP contribution in [0.4, 0.5) is 0 Å². The molecule has 1 aromatic rings. The lowest BCUT2D eigenvalue weighted by Crippen LogP contribution is -2.37. The third kappa shape index (κ3) is 1.85. The number of rotatable bonds is 2. The van der Waals surface area contributed by atoms with E-state index in [9.17, 15) is 5.11 Å². The number of thiophene rings is 1. The monoisotopic (exact) mass is 199 g/mol. The maximum absolute atomic E-state index is 9.61. The summed E-state index contributed by atoms with van der Waals surface area (Å²) in [5, 5.41) is 13.5. The normalized spacial score (nSPS) is 33.5. The topological polar surface area (TPSA) is 55.5 Å². The zero-order valence-electron chi connectivity index (χ0n) is 7.22. The fraction of sp³-hybridized carbons (Fsp3) is 0.556. The lowest BCUT2D eigenvalue weighted by molar-refractivity contribution is 0.0524. The Kier molecular flexibility index (Phi) is 2.53. The highest BCUT2D eigenvalue weighted by atomic mass is 32.1. The molecule has 2 rings (SSSR count). The second-order valence-electron chi connectivity index (χ2n) is 3.35. The van der Waals surface area contributed by atoms with Gasteiger partial charge in [-0.2, -0.15) is 0 Å². The predicted octanol–water partition coefficient (Wildman–Crippen LogP) is 0.978. The molecule has 0 aliphatic heterocycles. The molecule has 0 spiro atoms. The van der Waals surface area contributed by atoms with Gasteiger partial charge in [0.2, 0.25) is 0 Å². The first kappa shape index (κ1) is 8.99. The van der Waals surface area contributed by atoms with Crippen LogP contribution in [0.15, 0.2) is 16.8 Å². The van der Waals surface area contributed by atoms with Gasteiger partial charge in [-0.1, -0.05) is 0 Å². The van der Waals surface area contributed by atoms with E-state index >= 15 is 0 Å². The largest absolute Gasteiger partial charge is 0.487 e. The van der Waals surface area contributed by atoms with Gasteiger partial charge in [-0.3, -0.25) is 0 Å². The van der Waals surface area contributed by atoms with Crippen molar-refractivity contribution in [1.82, 2.24) is 0 Å². The SMILES string of the molecule is NC1CCC(Oc2ccsc2)C1O. The van der Waals surface area contributed by atoms with E-state index in [1.165, 1.54) is 0 Å². The second-order valence-corrected chi connectivity index (χ2v) is 4.13. The fourth-order valence-corrected chi connectivity index (χ4v) is 2.16. The van der Waals surface area contributed by atoms with Crippen LogP contribution < -0.4 is 10.5 Å². The van der Waals surface area contributed by atoms with E-state index in [-0.39, 0.29) is 12.1 Å². The quantitative estimate of drug-likeness (QED) is 0.746. The Morgan fingerprint density at radius 1 is 1.54 bits per heavy atom. The van der Waals surface area contributed by atoms with E-state index in [0.29, 0.717) is 0 Å². The van der Waals surface area contributed by atoms with Gasteiger partial charge < -0.3 is 15.6 Å². The third-order valence-corrected chi connectivity index (χ3v) is 3.05. The molecule has 1 heterocycles. The van der Waals surface area contributed by atoms with Gasteiger partial charge in [0.1, 0.15) is 18.0 Å². The van der Waals surface area contributed by atoms with Crippen molar-refractivity contribution in [3.8, 4) is 5.75 Å². The van der Waals surface area contributed by atoms with Crippen molar-refractivity contribution in [1.29, 1.82) is 0 Å².